The first-order valence-electron chi connectivity index (χ1n) is 8.02. The third-order valence-corrected chi connectivity index (χ3v) is 4.11. The summed E-state index contributed by atoms with van der Waals surface area (Å²) in [7, 11) is 0. The van der Waals surface area contributed by atoms with Crippen molar-refractivity contribution in [2.24, 2.45) is 5.10 Å². The van der Waals surface area contributed by atoms with Gasteiger partial charge in [0.1, 0.15) is 0 Å². The van der Waals surface area contributed by atoms with E-state index in [4.69, 9.17) is 0 Å². The highest BCUT2D eigenvalue weighted by Gasteiger charge is 2.17. The van der Waals surface area contributed by atoms with Crippen molar-refractivity contribution in [3.05, 3.63) is 68.0 Å². The number of nitro groups is 2. The van der Waals surface area contributed by atoms with Crippen molar-refractivity contribution in [2.75, 3.05) is 0 Å². The fourth-order valence-electron chi connectivity index (χ4n) is 2.73. The smallest absolute Gasteiger partial charge is 0.277 e. The molecule has 0 spiro atoms. The van der Waals surface area contributed by atoms with Crippen molar-refractivity contribution < 1.29 is 14.6 Å². The maximum absolute atomic E-state index is 12.3. The van der Waals surface area contributed by atoms with Crippen LogP contribution in [0.1, 0.15) is 16.2 Å². The molecule has 1 amide bonds. The first-order chi connectivity index (χ1) is 13.9. The Labute approximate surface area is 159 Å². The average molecular weight is 394 g/mol. The lowest BCUT2D eigenvalue weighted by Gasteiger charge is -1.97. The van der Waals surface area contributed by atoms with Gasteiger partial charge in [0.05, 0.1) is 32.8 Å². The van der Waals surface area contributed by atoms with Gasteiger partial charge >= 0.3 is 0 Å². The molecular formula is C16H10N8O5. The summed E-state index contributed by atoms with van der Waals surface area (Å²) in [5.74, 6) is -0.692. The van der Waals surface area contributed by atoms with E-state index in [0.717, 1.165) is 0 Å². The molecule has 0 radical (unpaired) electrons. The van der Waals surface area contributed by atoms with Gasteiger partial charge in [-0.3, -0.25) is 35.2 Å². The monoisotopic (exact) mass is 394 g/mol. The molecule has 2 aromatic carbocycles. The SMILES string of the molecule is O=C(N/N=C/c1[nH]nc2ccc([N+](=O)[O-])cc12)c1n[nH]c2ccc([N+](=O)[O-])cc12. The summed E-state index contributed by atoms with van der Waals surface area (Å²) in [5.41, 5.74) is 3.21. The highest BCUT2D eigenvalue weighted by Crippen LogP contribution is 2.22. The van der Waals surface area contributed by atoms with E-state index in [9.17, 15) is 25.0 Å². The number of hydrazone groups is 1. The molecule has 2 aromatic heterocycles. The molecule has 4 aromatic rings. The molecule has 144 valence electrons. The number of fused-ring (bicyclic) bond motifs is 2. The molecule has 0 aliphatic heterocycles. The van der Waals surface area contributed by atoms with Gasteiger partial charge < -0.3 is 0 Å². The second-order valence-corrected chi connectivity index (χ2v) is 5.85. The highest BCUT2D eigenvalue weighted by molar-refractivity contribution is 6.05. The van der Waals surface area contributed by atoms with Gasteiger partial charge in [0, 0.05) is 35.0 Å². The summed E-state index contributed by atoms with van der Waals surface area (Å²) in [6, 6.07) is 8.13. The number of benzene rings is 2. The number of hydrogen-bond donors (Lipinski definition) is 3. The number of hydrogen-bond acceptors (Lipinski definition) is 8. The minimum atomic E-state index is -0.692. The lowest BCUT2D eigenvalue weighted by molar-refractivity contribution is -0.384. The summed E-state index contributed by atoms with van der Waals surface area (Å²) in [4.78, 5) is 33.1. The molecule has 13 heteroatoms. The maximum Gasteiger partial charge on any atom is 0.292 e. The molecule has 0 aliphatic carbocycles. The van der Waals surface area contributed by atoms with Gasteiger partial charge in [0.25, 0.3) is 17.3 Å². The van der Waals surface area contributed by atoms with Crippen molar-refractivity contribution in [1.29, 1.82) is 0 Å². The number of carbonyl (C=O) groups is 1. The average Bonchev–Trinajstić information content (AvgIpc) is 3.31. The number of nitrogens with zero attached hydrogens (tertiary/aromatic N) is 5. The van der Waals surface area contributed by atoms with Crippen molar-refractivity contribution in [3.8, 4) is 0 Å². The Morgan fingerprint density at radius 2 is 1.69 bits per heavy atom. The Kier molecular flexibility index (Phi) is 4.16. The van der Waals surface area contributed by atoms with Crippen LogP contribution in [0.2, 0.25) is 0 Å². The summed E-state index contributed by atoms with van der Waals surface area (Å²) in [6.07, 6.45) is 1.24. The molecule has 0 saturated carbocycles. The van der Waals surface area contributed by atoms with Gasteiger partial charge in [-0.05, 0) is 12.1 Å². The zero-order valence-electron chi connectivity index (χ0n) is 14.3. The molecular weight excluding hydrogens is 384 g/mol. The standard InChI is InChI=1S/C16H10N8O5/c25-16(15-11-6-9(24(28)29)2-4-13(11)19-21-15)22-17-7-14-10-5-8(23(26)27)1-3-12(10)18-20-14/h1-7H,(H,18,20)(H,19,21)(H,22,25)/b17-7+. The number of rotatable bonds is 5. The van der Waals surface area contributed by atoms with E-state index in [0.29, 0.717) is 22.1 Å². The maximum atomic E-state index is 12.3. The number of amides is 1. The minimum absolute atomic E-state index is 0.0639. The number of aromatic nitrogens is 4. The number of nitrogens with one attached hydrogen (secondary N) is 3. The lowest BCUT2D eigenvalue weighted by Crippen LogP contribution is -2.18. The van der Waals surface area contributed by atoms with Crippen molar-refractivity contribution in [3.63, 3.8) is 0 Å². The van der Waals surface area contributed by atoms with Crippen molar-refractivity contribution in [1.82, 2.24) is 25.8 Å². The molecule has 0 atom stereocenters. The number of H-pyrrole nitrogens is 2. The second kappa shape index (κ2) is 6.80. The van der Waals surface area contributed by atoms with Crippen LogP contribution in [0.15, 0.2) is 41.5 Å². The molecule has 0 aliphatic rings. The van der Waals surface area contributed by atoms with Crippen LogP contribution in [0.3, 0.4) is 0 Å². The molecule has 13 nitrogen and oxygen atoms in total. The van der Waals surface area contributed by atoms with Crippen LogP contribution in [0.25, 0.3) is 21.8 Å². The zero-order valence-corrected chi connectivity index (χ0v) is 14.3. The summed E-state index contributed by atoms with van der Waals surface area (Å²) >= 11 is 0. The fraction of sp³-hybridized carbons (Fsp3) is 0. The summed E-state index contributed by atoms with van der Waals surface area (Å²) < 4.78 is 0. The molecule has 0 fully saturated rings. The van der Waals surface area contributed by atoms with Gasteiger partial charge in [-0.2, -0.15) is 15.3 Å². The molecule has 0 bridgehead atoms. The van der Waals surface area contributed by atoms with E-state index in [1.165, 1.54) is 42.6 Å². The van der Waals surface area contributed by atoms with E-state index in [1.54, 1.807) is 0 Å². The molecule has 29 heavy (non-hydrogen) atoms. The third-order valence-electron chi connectivity index (χ3n) is 4.11. The van der Waals surface area contributed by atoms with Gasteiger partial charge in [-0.15, -0.1) is 0 Å². The lowest BCUT2D eigenvalue weighted by atomic mass is 10.2. The first-order valence-corrected chi connectivity index (χ1v) is 8.02. The van der Waals surface area contributed by atoms with Gasteiger partial charge in [0.15, 0.2) is 5.69 Å². The number of nitro benzene ring substituents is 2. The topological polar surface area (TPSA) is 185 Å². The quantitative estimate of drug-likeness (QED) is 0.262. The molecule has 4 rings (SSSR count). The Morgan fingerprint density at radius 1 is 1.00 bits per heavy atom. The van der Waals surface area contributed by atoms with Crippen LogP contribution in [0.5, 0.6) is 0 Å². The molecule has 2 heterocycles. The summed E-state index contributed by atoms with van der Waals surface area (Å²) in [5, 5.41) is 39.5. The Balaban J connectivity index is 1.58. The van der Waals surface area contributed by atoms with Crippen LogP contribution in [-0.2, 0) is 0 Å². The fourth-order valence-corrected chi connectivity index (χ4v) is 2.73. The Hall–Kier alpha value is -4.68. The number of carbonyl (C=O) groups excluding carboxylic acids is 1. The zero-order chi connectivity index (χ0) is 20.5. The normalized spacial score (nSPS) is 11.3. The van der Waals surface area contributed by atoms with Gasteiger partial charge in [-0.25, -0.2) is 5.43 Å². The van der Waals surface area contributed by atoms with Crippen molar-refractivity contribution in [2.45, 2.75) is 0 Å². The Bertz CT molecular complexity index is 1320. The number of aromatic amines is 2. The number of non-ortho nitro benzene ring substituents is 2. The van der Waals surface area contributed by atoms with Crippen LogP contribution in [0.4, 0.5) is 11.4 Å². The van der Waals surface area contributed by atoms with Crippen LogP contribution >= 0.6 is 0 Å². The molecule has 0 unspecified atom stereocenters. The van der Waals surface area contributed by atoms with E-state index in [-0.39, 0.29) is 22.5 Å². The first kappa shape index (κ1) is 17.7. The van der Waals surface area contributed by atoms with E-state index in [1.807, 2.05) is 0 Å². The largest absolute Gasteiger partial charge is 0.292 e. The van der Waals surface area contributed by atoms with E-state index < -0.39 is 15.8 Å². The minimum Gasteiger partial charge on any atom is -0.277 e. The molecule has 0 saturated heterocycles. The molecule has 3 N–H and O–H groups in total. The predicted octanol–water partition coefficient (Wildman–Crippen LogP) is 2.02. The van der Waals surface area contributed by atoms with Crippen LogP contribution in [0, 0.1) is 20.2 Å². The van der Waals surface area contributed by atoms with Crippen molar-refractivity contribution >= 4 is 45.3 Å². The summed E-state index contributed by atoms with van der Waals surface area (Å²) in [6.45, 7) is 0. The van der Waals surface area contributed by atoms with E-state index >= 15 is 0 Å². The van der Waals surface area contributed by atoms with Crippen LogP contribution in [-0.4, -0.2) is 42.4 Å². The van der Waals surface area contributed by atoms with Gasteiger partial charge in [-0.1, -0.05) is 0 Å². The highest BCUT2D eigenvalue weighted by atomic mass is 16.6. The van der Waals surface area contributed by atoms with E-state index in [2.05, 4.69) is 30.9 Å². The predicted molar refractivity (Wildman–Crippen MR) is 101 cm³/mol. The van der Waals surface area contributed by atoms with Gasteiger partial charge in [0.2, 0.25) is 0 Å². The Morgan fingerprint density at radius 3 is 2.41 bits per heavy atom. The second-order valence-electron chi connectivity index (χ2n) is 5.85. The van der Waals surface area contributed by atoms with Crippen LogP contribution < -0.4 is 5.43 Å². The third kappa shape index (κ3) is 3.23.